The van der Waals surface area contributed by atoms with Crippen LogP contribution in [0.25, 0.3) is 0 Å². The van der Waals surface area contributed by atoms with E-state index in [1.54, 1.807) is 31.5 Å². The van der Waals surface area contributed by atoms with Gasteiger partial charge in [0.25, 0.3) is 0 Å². The summed E-state index contributed by atoms with van der Waals surface area (Å²) in [5.41, 5.74) is 0.801. The molecule has 0 aliphatic carbocycles. The van der Waals surface area contributed by atoms with E-state index >= 15 is 0 Å². The Labute approximate surface area is 123 Å². The maximum absolute atomic E-state index is 12.3. The number of ether oxygens (including phenoxy) is 1. The molecular formula is C14H17N2O4P. The van der Waals surface area contributed by atoms with Crippen molar-refractivity contribution in [1.29, 1.82) is 0 Å². The molecule has 21 heavy (non-hydrogen) atoms. The van der Waals surface area contributed by atoms with Crippen molar-refractivity contribution in [2.75, 3.05) is 13.7 Å². The highest BCUT2D eigenvalue weighted by Gasteiger charge is 2.22. The first-order valence-electron chi connectivity index (χ1n) is 6.47. The average molecular weight is 308 g/mol. The quantitative estimate of drug-likeness (QED) is 0.727. The van der Waals surface area contributed by atoms with E-state index in [2.05, 4.69) is 9.97 Å². The monoisotopic (exact) mass is 308 g/mol. The lowest BCUT2D eigenvalue weighted by molar-refractivity contribution is 0.243. The maximum Gasteiger partial charge on any atom is 0.334 e. The van der Waals surface area contributed by atoms with Crippen molar-refractivity contribution < 1.29 is 18.3 Å². The SMILES string of the molecule is CCOP(=O)(Cc1cccc(Oc2cnccn2)c1)OC. The Bertz CT molecular complexity index is 621. The zero-order valence-corrected chi connectivity index (χ0v) is 12.8. The van der Waals surface area contributed by atoms with Crippen LogP contribution < -0.4 is 4.74 Å². The van der Waals surface area contributed by atoms with E-state index in [0.717, 1.165) is 5.56 Å². The molecule has 0 bridgehead atoms. The third kappa shape index (κ3) is 4.63. The Morgan fingerprint density at radius 3 is 2.81 bits per heavy atom. The van der Waals surface area contributed by atoms with Crippen LogP contribution in [0.1, 0.15) is 12.5 Å². The van der Waals surface area contributed by atoms with Gasteiger partial charge in [-0.3, -0.25) is 9.55 Å². The van der Waals surface area contributed by atoms with Gasteiger partial charge < -0.3 is 13.8 Å². The number of hydrogen-bond donors (Lipinski definition) is 0. The molecule has 1 heterocycles. The summed E-state index contributed by atoms with van der Waals surface area (Å²) in [6.07, 6.45) is 4.83. The van der Waals surface area contributed by atoms with Crippen molar-refractivity contribution >= 4 is 7.60 Å². The van der Waals surface area contributed by atoms with Crippen LogP contribution in [-0.2, 0) is 19.8 Å². The van der Waals surface area contributed by atoms with E-state index in [4.69, 9.17) is 13.8 Å². The molecule has 2 aromatic rings. The molecule has 1 unspecified atom stereocenters. The molecule has 112 valence electrons. The van der Waals surface area contributed by atoms with Crippen molar-refractivity contribution in [1.82, 2.24) is 9.97 Å². The minimum Gasteiger partial charge on any atom is -0.437 e. The Morgan fingerprint density at radius 1 is 1.29 bits per heavy atom. The van der Waals surface area contributed by atoms with Crippen LogP contribution in [0.2, 0.25) is 0 Å². The molecule has 0 saturated heterocycles. The summed E-state index contributed by atoms with van der Waals surface area (Å²) in [5.74, 6) is 0.988. The largest absolute Gasteiger partial charge is 0.437 e. The summed E-state index contributed by atoms with van der Waals surface area (Å²) in [4.78, 5) is 7.96. The Hall–Kier alpha value is -1.75. The van der Waals surface area contributed by atoms with Crippen molar-refractivity contribution in [3.8, 4) is 11.6 Å². The third-order valence-electron chi connectivity index (χ3n) is 2.64. The van der Waals surface area contributed by atoms with Crippen molar-refractivity contribution in [2.24, 2.45) is 0 Å². The van der Waals surface area contributed by atoms with Gasteiger partial charge in [0.1, 0.15) is 5.75 Å². The van der Waals surface area contributed by atoms with Crippen LogP contribution in [0.4, 0.5) is 0 Å². The fraction of sp³-hybridized carbons (Fsp3) is 0.286. The molecule has 1 aromatic carbocycles. The highest BCUT2D eigenvalue weighted by molar-refractivity contribution is 7.53. The molecule has 0 saturated carbocycles. The van der Waals surface area contributed by atoms with Gasteiger partial charge in [-0.15, -0.1) is 0 Å². The summed E-state index contributed by atoms with van der Waals surface area (Å²) in [6.45, 7) is 2.11. The van der Waals surface area contributed by atoms with E-state index in [9.17, 15) is 4.57 Å². The van der Waals surface area contributed by atoms with E-state index in [0.29, 0.717) is 18.2 Å². The van der Waals surface area contributed by atoms with Gasteiger partial charge in [0.15, 0.2) is 0 Å². The van der Waals surface area contributed by atoms with Crippen molar-refractivity contribution in [2.45, 2.75) is 13.1 Å². The summed E-state index contributed by atoms with van der Waals surface area (Å²) < 4.78 is 28.1. The molecule has 1 aromatic heterocycles. The number of hydrogen-bond acceptors (Lipinski definition) is 6. The first-order valence-corrected chi connectivity index (χ1v) is 8.20. The first kappa shape index (κ1) is 15.6. The van der Waals surface area contributed by atoms with Gasteiger partial charge in [-0.25, -0.2) is 4.98 Å². The maximum atomic E-state index is 12.3. The second kappa shape index (κ2) is 7.31. The first-order chi connectivity index (χ1) is 10.1. The highest BCUT2D eigenvalue weighted by Crippen LogP contribution is 2.50. The summed E-state index contributed by atoms with van der Waals surface area (Å²) in [5, 5.41) is 0. The molecule has 0 fully saturated rings. The minimum atomic E-state index is -3.11. The number of benzene rings is 1. The number of nitrogens with zero attached hydrogens (tertiary/aromatic N) is 2. The van der Waals surface area contributed by atoms with Crippen LogP contribution in [0.5, 0.6) is 11.6 Å². The van der Waals surface area contributed by atoms with Crippen LogP contribution in [0, 0.1) is 0 Å². The number of aromatic nitrogens is 2. The lowest BCUT2D eigenvalue weighted by atomic mass is 10.2. The zero-order valence-electron chi connectivity index (χ0n) is 11.9. The van der Waals surface area contributed by atoms with Gasteiger partial charge in [-0.05, 0) is 24.6 Å². The molecule has 0 radical (unpaired) electrons. The van der Waals surface area contributed by atoms with Crippen LogP contribution in [0.3, 0.4) is 0 Å². The molecule has 7 heteroatoms. The Kier molecular flexibility index (Phi) is 5.44. The van der Waals surface area contributed by atoms with E-state index in [1.165, 1.54) is 13.3 Å². The van der Waals surface area contributed by atoms with Gasteiger partial charge in [0.05, 0.1) is 19.0 Å². The predicted molar refractivity (Wildman–Crippen MR) is 78.5 cm³/mol. The molecule has 0 aliphatic heterocycles. The molecule has 0 spiro atoms. The highest BCUT2D eigenvalue weighted by atomic mass is 31.2. The lowest BCUT2D eigenvalue weighted by Gasteiger charge is -2.15. The molecule has 0 N–H and O–H groups in total. The molecule has 0 amide bonds. The van der Waals surface area contributed by atoms with Gasteiger partial charge in [-0.1, -0.05) is 12.1 Å². The smallest absolute Gasteiger partial charge is 0.334 e. The molecule has 1 atom stereocenters. The average Bonchev–Trinajstić information content (AvgIpc) is 2.49. The fourth-order valence-electron chi connectivity index (χ4n) is 1.75. The van der Waals surface area contributed by atoms with Gasteiger partial charge in [0, 0.05) is 19.5 Å². The second-order valence-electron chi connectivity index (χ2n) is 4.16. The molecule has 6 nitrogen and oxygen atoms in total. The molecule has 0 aliphatic rings. The second-order valence-corrected chi connectivity index (χ2v) is 6.32. The lowest BCUT2D eigenvalue weighted by Crippen LogP contribution is -1.97. The van der Waals surface area contributed by atoms with Crippen LogP contribution in [0.15, 0.2) is 42.9 Å². The van der Waals surface area contributed by atoms with E-state index in [1.807, 2.05) is 12.1 Å². The standard InChI is InChI=1S/C14H17N2O4P/c1-3-19-21(17,18-2)11-12-5-4-6-13(9-12)20-14-10-15-7-8-16-14/h4-10H,3,11H2,1-2H3. The van der Waals surface area contributed by atoms with Gasteiger partial charge in [-0.2, -0.15) is 0 Å². The normalized spacial score (nSPS) is 13.6. The number of rotatable bonds is 7. The Morgan fingerprint density at radius 2 is 2.14 bits per heavy atom. The van der Waals surface area contributed by atoms with Crippen LogP contribution >= 0.6 is 7.60 Å². The molecular weight excluding hydrogens is 291 g/mol. The molecule has 2 rings (SSSR count). The van der Waals surface area contributed by atoms with Crippen molar-refractivity contribution in [3.05, 3.63) is 48.4 Å². The Balaban J connectivity index is 2.12. The van der Waals surface area contributed by atoms with E-state index < -0.39 is 7.60 Å². The van der Waals surface area contributed by atoms with E-state index in [-0.39, 0.29) is 6.16 Å². The van der Waals surface area contributed by atoms with Crippen LogP contribution in [-0.4, -0.2) is 23.7 Å². The van der Waals surface area contributed by atoms with Crippen molar-refractivity contribution in [3.63, 3.8) is 0 Å². The fourth-order valence-corrected chi connectivity index (χ4v) is 3.11. The summed E-state index contributed by atoms with van der Waals surface area (Å²) in [6, 6.07) is 7.22. The third-order valence-corrected chi connectivity index (χ3v) is 4.60. The summed E-state index contributed by atoms with van der Waals surface area (Å²) >= 11 is 0. The topological polar surface area (TPSA) is 70.5 Å². The predicted octanol–water partition coefficient (Wildman–Crippen LogP) is 3.64. The minimum absolute atomic E-state index is 0.189. The summed E-state index contributed by atoms with van der Waals surface area (Å²) in [7, 11) is -1.72. The van der Waals surface area contributed by atoms with Gasteiger partial charge >= 0.3 is 7.60 Å². The van der Waals surface area contributed by atoms with Gasteiger partial charge in [0.2, 0.25) is 5.88 Å². The zero-order chi connectivity index (χ0) is 15.1.